The highest BCUT2D eigenvalue weighted by Crippen LogP contribution is 2.48. The second-order valence-corrected chi connectivity index (χ2v) is 12.0. The normalized spacial score (nSPS) is 24.0. The maximum absolute atomic E-state index is 13.3. The highest BCUT2D eigenvalue weighted by Gasteiger charge is 2.52. The topological polar surface area (TPSA) is 60.9 Å². The van der Waals surface area contributed by atoms with Gasteiger partial charge in [-0.05, 0) is 55.9 Å². The molecule has 2 aliphatic heterocycles. The van der Waals surface area contributed by atoms with E-state index in [-0.39, 0.29) is 18.1 Å². The number of urea groups is 1. The van der Waals surface area contributed by atoms with Crippen molar-refractivity contribution >= 4 is 32.7 Å². The highest BCUT2D eigenvalue weighted by molar-refractivity contribution is 7.22. The molecule has 36 heavy (non-hydrogen) atoms. The Bertz CT molecular complexity index is 1220. The van der Waals surface area contributed by atoms with Gasteiger partial charge in [-0.2, -0.15) is 0 Å². The van der Waals surface area contributed by atoms with E-state index in [9.17, 15) is 4.79 Å². The lowest BCUT2D eigenvalue weighted by atomic mass is 9.60. The van der Waals surface area contributed by atoms with Gasteiger partial charge in [0.1, 0.15) is 5.75 Å². The molecule has 3 aliphatic rings. The number of hydrogen-bond donors (Lipinski definition) is 1. The van der Waals surface area contributed by atoms with Gasteiger partial charge in [0.2, 0.25) is 0 Å². The number of ether oxygens (including phenoxy) is 1. The van der Waals surface area contributed by atoms with E-state index in [1.807, 2.05) is 23.1 Å². The number of carbonyl (C=O) groups is 1. The number of carbonyl (C=O) groups excluding carboxylic acids is 1. The van der Waals surface area contributed by atoms with Crippen molar-refractivity contribution in [1.82, 2.24) is 20.1 Å². The zero-order valence-electron chi connectivity index (χ0n) is 21.3. The van der Waals surface area contributed by atoms with E-state index in [1.165, 1.54) is 5.56 Å². The van der Waals surface area contributed by atoms with Crippen molar-refractivity contribution in [3.63, 3.8) is 0 Å². The molecule has 1 saturated carbocycles. The third kappa shape index (κ3) is 4.41. The van der Waals surface area contributed by atoms with E-state index in [1.54, 1.807) is 18.4 Å². The molecule has 1 aromatic heterocycles. The van der Waals surface area contributed by atoms with Crippen LogP contribution in [0.1, 0.15) is 32.3 Å². The van der Waals surface area contributed by atoms with Crippen LogP contribution >= 0.6 is 11.3 Å². The van der Waals surface area contributed by atoms with E-state index in [4.69, 9.17) is 9.72 Å². The number of rotatable bonds is 5. The molecule has 2 aromatic carbocycles. The van der Waals surface area contributed by atoms with Crippen LogP contribution in [0.3, 0.4) is 0 Å². The number of anilines is 1. The molecule has 3 fully saturated rings. The van der Waals surface area contributed by atoms with Crippen LogP contribution in [0.5, 0.6) is 5.75 Å². The largest absolute Gasteiger partial charge is 0.497 e. The van der Waals surface area contributed by atoms with Gasteiger partial charge in [-0.15, -0.1) is 0 Å². The van der Waals surface area contributed by atoms with Crippen molar-refractivity contribution in [2.75, 3.05) is 38.2 Å². The van der Waals surface area contributed by atoms with Crippen molar-refractivity contribution in [3.8, 4) is 5.75 Å². The van der Waals surface area contributed by atoms with Gasteiger partial charge in [0, 0.05) is 50.8 Å². The van der Waals surface area contributed by atoms with Crippen LogP contribution in [0.15, 0.2) is 48.5 Å². The van der Waals surface area contributed by atoms with E-state index in [2.05, 4.69) is 59.3 Å². The Morgan fingerprint density at radius 1 is 1.11 bits per heavy atom. The number of benzene rings is 2. The molecule has 8 heteroatoms. The summed E-state index contributed by atoms with van der Waals surface area (Å²) in [6.07, 6.45) is 2.20. The first-order valence-corrected chi connectivity index (χ1v) is 13.8. The summed E-state index contributed by atoms with van der Waals surface area (Å²) in [6, 6.07) is 17.3. The Morgan fingerprint density at radius 2 is 1.83 bits per heavy atom. The summed E-state index contributed by atoms with van der Waals surface area (Å²) < 4.78 is 6.49. The number of nitrogens with one attached hydrogen (secondary N) is 1. The van der Waals surface area contributed by atoms with Gasteiger partial charge in [0.05, 0.1) is 17.3 Å². The van der Waals surface area contributed by atoms with Gasteiger partial charge in [0.25, 0.3) is 0 Å². The molecule has 3 aromatic rings. The van der Waals surface area contributed by atoms with Crippen molar-refractivity contribution < 1.29 is 9.53 Å². The summed E-state index contributed by atoms with van der Waals surface area (Å²) in [4.78, 5) is 25.0. The molecule has 0 unspecified atom stereocenters. The number of fused-ring (bicyclic) bond motifs is 1. The lowest BCUT2D eigenvalue weighted by Gasteiger charge is -2.59. The number of hydrogen-bond acceptors (Lipinski definition) is 6. The second-order valence-electron chi connectivity index (χ2n) is 11.0. The minimum absolute atomic E-state index is 0.0870. The van der Waals surface area contributed by atoms with E-state index >= 15 is 0 Å². The smallest absolute Gasteiger partial charge is 0.318 e. The average Bonchev–Trinajstić information content (AvgIpc) is 3.25. The Morgan fingerprint density at radius 3 is 2.53 bits per heavy atom. The predicted molar refractivity (Wildman–Crippen MR) is 145 cm³/mol. The summed E-state index contributed by atoms with van der Waals surface area (Å²) in [5.74, 6) is 0.851. The summed E-state index contributed by atoms with van der Waals surface area (Å²) in [5.41, 5.74) is 2.79. The molecule has 7 nitrogen and oxygen atoms in total. The number of nitrogens with zero attached hydrogens (tertiary/aromatic N) is 4. The van der Waals surface area contributed by atoms with Crippen molar-refractivity contribution in [2.24, 2.45) is 5.41 Å². The molecular formula is C28H35N5O2S. The molecule has 6 rings (SSSR count). The Labute approximate surface area is 217 Å². The first-order valence-electron chi connectivity index (χ1n) is 13.0. The van der Waals surface area contributed by atoms with Crippen LogP contribution in [0.25, 0.3) is 10.2 Å². The monoisotopic (exact) mass is 505 g/mol. The Kier molecular flexibility index (Phi) is 6.04. The third-order valence-electron chi connectivity index (χ3n) is 8.06. The third-order valence-corrected chi connectivity index (χ3v) is 9.14. The molecule has 1 N–H and O–H groups in total. The van der Waals surface area contributed by atoms with Crippen LogP contribution in [0, 0.1) is 5.41 Å². The highest BCUT2D eigenvalue weighted by atomic mass is 32.1. The van der Waals surface area contributed by atoms with Gasteiger partial charge in [-0.1, -0.05) is 41.7 Å². The van der Waals surface area contributed by atoms with Gasteiger partial charge in [0.15, 0.2) is 5.13 Å². The SMILES string of the molecule is COc1ccc2nc(N3C[C@@H](C)N(C(=O)NC4CC5(C4)CN(Cc4ccccc4)C5)[C@@H](C)C3)sc2c1. The van der Waals surface area contributed by atoms with E-state index < -0.39 is 0 Å². The fourth-order valence-electron chi connectivity index (χ4n) is 6.49. The Balaban J connectivity index is 1.01. The number of aromatic nitrogens is 1. The maximum Gasteiger partial charge on any atom is 0.318 e. The summed E-state index contributed by atoms with van der Waals surface area (Å²) >= 11 is 1.69. The maximum atomic E-state index is 13.3. The molecule has 190 valence electrons. The van der Waals surface area contributed by atoms with Crippen molar-refractivity contribution in [3.05, 3.63) is 54.1 Å². The number of amides is 2. The summed E-state index contributed by atoms with van der Waals surface area (Å²) in [5, 5.41) is 4.36. The first-order chi connectivity index (χ1) is 17.4. The summed E-state index contributed by atoms with van der Waals surface area (Å²) in [7, 11) is 1.69. The van der Waals surface area contributed by atoms with Crippen LogP contribution < -0.4 is 15.0 Å². The Hall–Kier alpha value is -2.84. The van der Waals surface area contributed by atoms with Crippen molar-refractivity contribution in [1.29, 1.82) is 0 Å². The van der Waals surface area contributed by atoms with Crippen LogP contribution in [0.4, 0.5) is 9.93 Å². The van der Waals surface area contributed by atoms with E-state index in [0.717, 1.165) is 66.7 Å². The molecule has 2 atom stereocenters. The standard InChI is InChI=1S/C28H35N5O2S/c1-19-14-32(27-30-24-10-9-23(35-3)11-25(24)36-27)15-20(2)33(19)26(34)29-22-12-28(13-22)17-31(18-28)16-21-7-5-4-6-8-21/h4-11,19-20,22H,12-18H2,1-3H3,(H,29,34)/t19-,20+. The first kappa shape index (κ1) is 23.6. The zero-order valence-corrected chi connectivity index (χ0v) is 22.1. The van der Waals surface area contributed by atoms with Crippen LogP contribution in [-0.4, -0.2) is 72.2 Å². The van der Waals surface area contributed by atoms with Crippen LogP contribution in [0.2, 0.25) is 0 Å². The summed E-state index contributed by atoms with van der Waals surface area (Å²) in [6.45, 7) is 9.20. The fraction of sp³-hybridized carbons (Fsp3) is 0.500. The molecule has 2 amide bonds. The van der Waals surface area contributed by atoms with Gasteiger partial charge in [-0.25, -0.2) is 9.78 Å². The molecule has 0 bridgehead atoms. The molecule has 0 radical (unpaired) electrons. The quantitative estimate of drug-likeness (QED) is 0.550. The predicted octanol–water partition coefficient (Wildman–Crippen LogP) is 4.58. The van der Waals surface area contributed by atoms with Crippen LogP contribution in [-0.2, 0) is 6.54 Å². The molecule has 2 saturated heterocycles. The average molecular weight is 506 g/mol. The number of methoxy groups -OCH3 is 1. The lowest BCUT2D eigenvalue weighted by molar-refractivity contribution is -0.0812. The lowest BCUT2D eigenvalue weighted by Crippen LogP contribution is -2.68. The molecule has 1 spiro atoms. The zero-order chi connectivity index (χ0) is 24.9. The van der Waals surface area contributed by atoms with Gasteiger partial charge in [-0.3, -0.25) is 4.90 Å². The minimum Gasteiger partial charge on any atom is -0.497 e. The molecule has 3 heterocycles. The number of thiazole rings is 1. The molecule has 1 aliphatic carbocycles. The number of likely N-dealkylation sites (tertiary alicyclic amines) is 1. The molecular weight excluding hydrogens is 470 g/mol. The van der Waals surface area contributed by atoms with Gasteiger partial charge >= 0.3 is 6.03 Å². The fourth-order valence-corrected chi connectivity index (χ4v) is 7.50. The number of piperazine rings is 1. The van der Waals surface area contributed by atoms with Gasteiger partial charge < -0.3 is 19.9 Å². The minimum atomic E-state index is 0.0870. The van der Waals surface area contributed by atoms with Crippen molar-refractivity contribution in [2.45, 2.75) is 51.4 Å². The van der Waals surface area contributed by atoms with E-state index in [0.29, 0.717) is 11.5 Å². The second kappa shape index (κ2) is 9.23.